The summed E-state index contributed by atoms with van der Waals surface area (Å²) in [6.45, 7) is 6.01. The first kappa shape index (κ1) is 29.0. The van der Waals surface area contributed by atoms with Crippen LogP contribution < -0.4 is 9.62 Å². The Hall–Kier alpha value is -2.58. The highest BCUT2D eigenvalue weighted by molar-refractivity contribution is 7.92. The molecule has 1 fully saturated rings. The second-order valence-corrected chi connectivity index (χ2v) is 12.4. The Labute approximate surface area is 226 Å². The van der Waals surface area contributed by atoms with E-state index in [0.29, 0.717) is 23.7 Å². The van der Waals surface area contributed by atoms with Crippen molar-refractivity contribution in [1.82, 2.24) is 10.2 Å². The Morgan fingerprint density at radius 2 is 1.81 bits per heavy atom. The van der Waals surface area contributed by atoms with Crippen LogP contribution in [0.5, 0.6) is 0 Å². The number of amides is 2. The SMILES string of the molecule is Cc1cccc(CN(C(=O)CCCN(c2cc(Cl)ccc2C)S(C)(=O)=O)C(C)C(=O)NC2CCCC2)c1. The number of halogens is 1. The van der Waals surface area contributed by atoms with Crippen molar-refractivity contribution in [1.29, 1.82) is 0 Å². The number of aryl methyl sites for hydroxylation is 2. The monoisotopic (exact) mass is 547 g/mol. The molecular weight excluding hydrogens is 510 g/mol. The summed E-state index contributed by atoms with van der Waals surface area (Å²) in [4.78, 5) is 28.1. The maximum Gasteiger partial charge on any atom is 0.242 e. The summed E-state index contributed by atoms with van der Waals surface area (Å²) < 4.78 is 26.4. The van der Waals surface area contributed by atoms with Crippen molar-refractivity contribution >= 4 is 39.1 Å². The predicted molar refractivity (Wildman–Crippen MR) is 149 cm³/mol. The van der Waals surface area contributed by atoms with Crippen LogP contribution in [0.1, 0.15) is 62.1 Å². The molecule has 3 rings (SSSR count). The van der Waals surface area contributed by atoms with Crippen LogP contribution in [0.3, 0.4) is 0 Å². The van der Waals surface area contributed by atoms with E-state index >= 15 is 0 Å². The number of hydrogen-bond donors (Lipinski definition) is 1. The maximum absolute atomic E-state index is 13.5. The third-order valence-corrected chi connectivity index (χ3v) is 8.31. The van der Waals surface area contributed by atoms with Crippen LogP contribution in [0.25, 0.3) is 0 Å². The molecule has 0 aromatic heterocycles. The molecule has 0 saturated heterocycles. The fraction of sp³-hybridized carbons (Fsp3) is 0.500. The van der Waals surface area contributed by atoms with E-state index in [1.54, 1.807) is 30.0 Å². The van der Waals surface area contributed by atoms with E-state index in [-0.39, 0.29) is 30.8 Å². The van der Waals surface area contributed by atoms with Crippen molar-refractivity contribution in [3.05, 3.63) is 64.2 Å². The summed E-state index contributed by atoms with van der Waals surface area (Å²) in [7, 11) is -3.59. The summed E-state index contributed by atoms with van der Waals surface area (Å²) in [5.74, 6) is -0.341. The van der Waals surface area contributed by atoms with Gasteiger partial charge >= 0.3 is 0 Å². The molecule has 1 unspecified atom stereocenters. The zero-order chi connectivity index (χ0) is 27.2. The van der Waals surface area contributed by atoms with Crippen molar-refractivity contribution in [2.24, 2.45) is 0 Å². The van der Waals surface area contributed by atoms with E-state index < -0.39 is 16.1 Å². The molecular formula is C28H38ClN3O4S. The molecule has 7 nitrogen and oxygen atoms in total. The molecule has 0 bridgehead atoms. The summed E-state index contributed by atoms with van der Waals surface area (Å²) in [6, 6.07) is 12.5. The summed E-state index contributed by atoms with van der Waals surface area (Å²) in [5.41, 5.74) is 3.30. The molecule has 37 heavy (non-hydrogen) atoms. The van der Waals surface area contributed by atoms with E-state index in [1.807, 2.05) is 38.1 Å². The molecule has 0 heterocycles. The fourth-order valence-corrected chi connectivity index (χ4v) is 6.00. The van der Waals surface area contributed by atoms with Crippen molar-refractivity contribution < 1.29 is 18.0 Å². The average molecular weight is 548 g/mol. The van der Waals surface area contributed by atoms with Gasteiger partial charge in [-0.2, -0.15) is 0 Å². The predicted octanol–water partition coefficient (Wildman–Crippen LogP) is 4.98. The van der Waals surface area contributed by atoms with Crippen molar-refractivity contribution in [3.8, 4) is 0 Å². The van der Waals surface area contributed by atoms with Crippen LogP contribution in [0.15, 0.2) is 42.5 Å². The van der Waals surface area contributed by atoms with Crippen LogP contribution in [0.2, 0.25) is 5.02 Å². The Morgan fingerprint density at radius 1 is 1.11 bits per heavy atom. The molecule has 0 radical (unpaired) electrons. The lowest BCUT2D eigenvalue weighted by atomic mass is 10.1. The number of anilines is 1. The second-order valence-electron chi connectivity index (χ2n) is 10.0. The van der Waals surface area contributed by atoms with Gasteiger partial charge in [0.05, 0.1) is 11.9 Å². The van der Waals surface area contributed by atoms with Gasteiger partial charge in [0, 0.05) is 30.6 Å². The van der Waals surface area contributed by atoms with Gasteiger partial charge in [0.1, 0.15) is 6.04 Å². The molecule has 1 aliphatic carbocycles. The molecule has 2 amide bonds. The molecule has 1 atom stereocenters. The summed E-state index contributed by atoms with van der Waals surface area (Å²) >= 11 is 6.13. The number of nitrogens with zero attached hydrogens (tertiary/aromatic N) is 2. The van der Waals surface area contributed by atoms with Crippen LogP contribution in [-0.2, 0) is 26.2 Å². The molecule has 1 N–H and O–H groups in total. The topological polar surface area (TPSA) is 86.8 Å². The highest BCUT2D eigenvalue weighted by Crippen LogP contribution is 2.27. The minimum atomic E-state index is -3.59. The van der Waals surface area contributed by atoms with E-state index in [4.69, 9.17) is 11.6 Å². The van der Waals surface area contributed by atoms with Gasteiger partial charge in [0.15, 0.2) is 0 Å². The fourth-order valence-electron chi connectivity index (χ4n) is 4.82. The Bertz CT molecular complexity index is 1210. The molecule has 1 aliphatic rings. The summed E-state index contributed by atoms with van der Waals surface area (Å²) in [6.07, 6.45) is 5.71. The van der Waals surface area contributed by atoms with E-state index in [1.165, 1.54) is 4.31 Å². The van der Waals surface area contributed by atoms with Gasteiger partial charge < -0.3 is 10.2 Å². The molecule has 2 aromatic rings. The largest absolute Gasteiger partial charge is 0.352 e. The normalized spacial score (nSPS) is 14.8. The minimum absolute atomic E-state index is 0.110. The lowest BCUT2D eigenvalue weighted by molar-refractivity contribution is -0.141. The number of carbonyl (C=O) groups excluding carboxylic acids is 2. The second kappa shape index (κ2) is 12.8. The Morgan fingerprint density at radius 3 is 2.46 bits per heavy atom. The number of hydrogen-bond acceptors (Lipinski definition) is 4. The van der Waals surface area contributed by atoms with Gasteiger partial charge in [-0.05, 0) is 63.3 Å². The standard InChI is InChI=1S/C28H38ClN3O4S/c1-20-9-7-10-23(17-20)19-31(22(3)28(34)30-25-11-5-6-12-25)27(33)13-8-16-32(37(4,35)36)26-18-24(29)15-14-21(26)2/h7,9-10,14-15,17-18,22,25H,5-6,8,11-13,16,19H2,1-4H3,(H,30,34). The molecule has 9 heteroatoms. The van der Waals surface area contributed by atoms with Crippen molar-refractivity contribution in [2.45, 2.75) is 77.9 Å². The molecule has 0 aliphatic heterocycles. The van der Waals surface area contributed by atoms with Gasteiger partial charge in [-0.25, -0.2) is 8.42 Å². The van der Waals surface area contributed by atoms with E-state index in [2.05, 4.69) is 5.32 Å². The van der Waals surface area contributed by atoms with Gasteiger partial charge in [-0.15, -0.1) is 0 Å². The first-order valence-corrected chi connectivity index (χ1v) is 15.1. The van der Waals surface area contributed by atoms with Crippen LogP contribution in [0, 0.1) is 13.8 Å². The molecule has 0 spiro atoms. The lowest BCUT2D eigenvalue weighted by Crippen LogP contribution is -2.49. The lowest BCUT2D eigenvalue weighted by Gasteiger charge is -2.30. The number of nitrogens with one attached hydrogen (secondary N) is 1. The van der Waals surface area contributed by atoms with Gasteiger partial charge in [-0.1, -0.05) is 60.3 Å². The first-order chi connectivity index (χ1) is 17.5. The Kier molecular flexibility index (Phi) is 10.0. The van der Waals surface area contributed by atoms with Crippen molar-refractivity contribution in [3.63, 3.8) is 0 Å². The van der Waals surface area contributed by atoms with Gasteiger partial charge in [0.2, 0.25) is 21.8 Å². The molecule has 202 valence electrons. The third-order valence-electron chi connectivity index (χ3n) is 6.90. The smallest absolute Gasteiger partial charge is 0.242 e. The number of carbonyl (C=O) groups is 2. The number of sulfonamides is 1. The van der Waals surface area contributed by atoms with Crippen LogP contribution in [-0.4, -0.2) is 50.0 Å². The minimum Gasteiger partial charge on any atom is -0.352 e. The maximum atomic E-state index is 13.5. The third kappa shape index (κ3) is 8.20. The average Bonchev–Trinajstić information content (AvgIpc) is 3.34. The van der Waals surface area contributed by atoms with Crippen LogP contribution in [0.4, 0.5) is 5.69 Å². The number of rotatable bonds is 11. The van der Waals surface area contributed by atoms with Crippen molar-refractivity contribution in [2.75, 3.05) is 17.1 Å². The van der Waals surface area contributed by atoms with Crippen LogP contribution >= 0.6 is 11.6 Å². The molecule has 2 aromatic carbocycles. The first-order valence-electron chi connectivity index (χ1n) is 12.8. The van der Waals surface area contributed by atoms with E-state index in [0.717, 1.165) is 48.6 Å². The zero-order valence-electron chi connectivity index (χ0n) is 22.2. The molecule has 1 saturated carbocycles. The van der Waals surface area contributed by atoms with Gasteiger partial charge in [-0.3, -0.25) is 13.9 Å². The highest BCUT2D eigenvalue weighted by Gasteiger charge is 2.29. The number of benzene rings is 2. The Balaban J connectivity index is 1.74. The zero-order valence-corrected chi connectivity index (χ0v) is 23.7. The highest BCUT2D eigenvalue weighted by atomic mass is 35.5. The van der Waals surface area contributed by atoms with Gasteiger partial charge in [0.25, 0.3) is 0 Å². The quantitative estimate of drug-likeness (QED) is 0.430. The summed E-state index contributed by atoms with van der Waals surface area (Å²) in [5, 5.41) is 3.55. The van der Waals surface area contributed by atoms with E-state index in [9.17, 15) is 18.0 Å².